The molecule has 192 valence electrons. The zero-order chi connectivity index (χ0) is 23.2. The van der Waals surface area contributed by atoms with E-state index in [2.05, 4.69) is 6.08 Å². The van der Waals surface area contributed by atoms with Crippen LogP contribution >= 0.6 is 0 Å². The zero-order valence-corrected chi connectivity index (χ0v) is 21.1. The van der Waals surface area contributed by atoms with Gasteiger partial charge in [-0.1, -0.05) is 37.7 Å². The largest absolute Gasteiger partial charge is 0.465 e. The van der Waals surface area contributed by atoms with E-state index in [1.807, 2.05) is 0 Å². The van der Waals surface area contributed by atoms with Crippen molar-refractivity contribution in [1.29, 1.82) is 0 Å². The molecule has 0 aromatic heterocycles. The molecule has 0 aromatic rings. The third-order valence-corrected chi connectivity index (χ3v) is 8.83. The second kappa shape index (κ2) is 12.4. The number of ether oxygens (including phenoxy) is 4. The van der Waals surface area contributed by atoms with E-state index in [1.54, 1.807) is 0 Å². The van der Waals surface area contributed by atoms with E-state index < -0.39 is 0 Å². The lowest BCUT2D eigenvalue weighted by Crippen LogP contribution is -2.27. The lowest BCUT2D eigenvalue weighted by atomic mass is 9.86. The summed E-state index contributed by atoms with van der Waals surface area (Å²) in [5.74, 6) is 2.92. The van der Waals surface area contributed by atoms with E-state index >= 15 is 0 Å². The number of allylic oxidation sites excluding steroid dienone is 2. The molecule has 3 aliphatic carbocycles. The van der Waals surface area contributed by atoms with Gasteiger partial charge in [-0.25, -0.2) is 0 Å². The van der Waals surface area contributed by atoms with Crippen LogP contribution in [0.25, 0.3) is 0 Å². The van der Waals surface area contributed by atoms with Gasteiger partial charge in [0, 0.05) is 19.6 Å². The van der Waals surface area contributed by atoms with E-state index in [9.17, 15) is 5.11 Å². The number of aliphatic hydroxyl groups is 1. The van der Waals surface area contributed by atoms with Crippen LogP contribution in [0, 0.1) is 17.8 Å². The van der Waals surface area contributed by atoms with Crippen molar-refractivity contribution in [3.63, 3.8) is 0 Å². The van der Waals surface area contributed by atoms with Gasteiger partial charge in [0.05, 0.1) is 12.7 Å². The molecule has 0 bridgehead atoms. The summed E-state index contributed by atoms with van der Waals surface area (Å²) in [6.07, 6.45) is 21.1. The first kappa shape index (κ1) is 24.8. The highest BCUT2D eigenvalue weighted by Crippen LogP contribution is 2.52. The summed E-state index contributed by atoms with van der Waals surface area (Å²) >= 11 is 0. The molecule has 5 atom stereocenters. The molecule has 0 spiro atoms. The molecule has 0 radical (unpaired) electrons. The van der Waals surface area contributed by atoms with Crippen LogP contribution in [0.2, 0.25) is 0 Å². The van der Waals surface area contributed by atoms with E-state index in [4.69, 9.17) is 18.9 Å². The summed E-state index contributed by atoms with van der Waals surface area (Å²) in [6, 6.07) is 0. The van der Waals surface area contributed by atoms with Crippen molar-refractivity contribution >= 4 is 0 Å². The second-order valence-corrected chi connectivity index (χ2v) is 11.3. The smallest absolute Gasteiger partial charge is 0.199 e. The lowest BCUT2D eigenvalue weighted by molar-refractivity contribution is -0.187. The van der Waals surface area contributed by atoms with Crippen molar-refractivity contribution < 1.29 is 24.1 Å². The summed E-state index contributed by atoms with van der Waals surface area (Å²) in [5.41, 5.74) is 2.80. The first-order chi connectivity index (χ1) is 16.8. The summed E-state index contributed by atoms with van der Waals surface area (Å²) < 4.78 is 25.0. The monoisotopic (exact) mass is 474 g/mol. The number of fused-ring (bicyclic) bond motifs is 1. The molecule has 2 aliphatic heterocycles. The van der Waals surface area contributed by atoms with Crippen LogP contribution in [-0.4, -0.2) is 43.6 Å². The fourth-order valence-corrected chi connectivity index (χ4v) is 7.08. The minimum Gasteiger partial charge on any atom is -0.465 e. The topological polar surface area (TPSA) is 57.2 Å². The zero-order valence-electron chi connectivity index (χ0n) is 21.1. The Morgan fingerprint density at radius 1 is 0.882 bits per heavy atom. The highest BCUT2D eigenvalue weighted by Gasteiger charge is 2.45. The van der Waals surface area contributed by atoms with Crippen molar-refractivity contribution in [3.8, 4) is 0 Å². The number of aliphatic hydroxyl groups excluding tert-OH is 1. The molecule has 34 heavy (non-hydrogen) atoms. The van der Waals surface area contributed by atoms with Gasteiger partial charge in [-0.3, -0.25) is 0 Å². The van der Waals surface area contributed by atoms with Gasteiger partial charge in [-0.2, -0.15) is 0 Å². The molecule has 2 heterocycles. The average molecular weight is 475 g/mol. The van der Waals surface area contributed by atoms with Gasteiger partial charge in [0.25, 0.3) is 0 Å². The van der Waals surface area contributed by atoms with Gasteiger partial charge < -0.3 is 24.1 Å². The molecule has 1 N–H and O–H groups in total. The molecule has 0 amide bonds. The van der Waals surface area contributed by atoms with Crippen molar-refractivity contribution in [1.82, 2.24) is 0 Å². The van der Waals surface area contributed by atoms with Crippen LogP contribution in [0.15, 0.2) is 23.0 Å². The van der Waals surface area contributed by atoms with Gasteiger partial charge >= 0.3 is 0 Å². The molecule has 2 saturated carbocycles. The van der Waals surface area contributed by atoms with Gasteiger partial charge in [-0.15, -0.1) is 0 Å². The molecule has 5 aliphatic rings. The van der Waals surface area contributed by atoms with E-state index in [0.717, 1.165) is 82.7 Å². The van der Waals surface area contributed by atoms with Crippen molar-refractivity contribution in [2.45, 2.75) is 121 Å². The normalized spacial score (nSPS) is 35.6. The summed E-state index contributed by atoms with van der Waals surface area (Å²) in [5, 5.41) is 9.85. The highest BCUT2D eigenvalue weighted by atomic mass is 16.7. The lowest BCUT2D eigenvalue weighted by Gasteiger charge is -2.29. The fraction of sp³-hybridized carbons (Fsp3) is 0.862. The van der Waals surface area contributed by atoms with Crippen LogP contribution in [0.4, 0.5) is 0 Å². The Morgan fingerprint density at radius 2 is 1.62 bits per heavy atom. The van der Waals surface area contributed by atoms with Gasteiger partial charge in [0.2, 0.25) is 0 Å². The highest BCUT2D eigenvalue weighted by molar-refractivity contribution is 5.40. The minimum absolute atomic E-state index is 0.0184. The van der Waals surface area contributed by atoms with Crippen LogP contribution in [0.1, 0.15) is 103 Å². The van der Waals surface area contributed by atoms with E-state index in [1.165, 1.54) is 56.1 Å². The Labute approximate surface area is 206 Å². The van der Waals surface area contributed by atoms with Gasteiger partial charge in [0.15, 0.2) is 12.6 Å². The van der Waals surface area contributed by atoms with Crippen LogP contribution < -0.4 is 0 Å². The molecule has 5 nitrogen and oxygen atoms in total. The fourth-order valence-electron chi connectivity index (χ4n) is 7.08. The minimum atomic E-state index is -0.127. The van der Waals surface area contributed by atoms with Gasteiger partial charge in [0.1, 0.15) is 5.76 Å². The number of hydrogen-bond donors (Lipinski definition) is 1. The van der Waals surface area contributed by atoms with E-state index in [-0.39, 0.29) is 25.3 Å². The third kappa shape index (κ3) is 6.27. The molecule has 2 unspecified atom stereocenters. The van der Waals surface area contributed by atoms with E-state index in [0.29, 0.717) is 11.8 Å². The summed E-state index contributed by atoms with van der Waals surface area (Å²) in [4.78, 5) is 0. The van der Waals surface area contributed by atoms with Crippen molar-refractivity contribution in [2.75, 3.05) is 19.8 Å². The SMILES string of the molecule is OCCC1=C(C(=CCC2CCCCC2)OC2CCCCO2)[C@@H]2C[C@H](OC3CCCCO3)C[C@@H]2C1. The summed E-state index contributed by atoms with van der Waals surface area (Å²) in [6.45, 7) is 1.84. The molecule has 5 heteroatoms. The summed E-state index contributed by atoms with van der Waals surface area (Å²) in [7, 11) is 0. The quantitative estimate of drug-likeness (QED) is 0.392. The maximum absolute atomic E-state index is 9.85. The molecular formula is C29H46O5. The number of hydrogen-bond acceptors (Lipinski definition) is 5. The molecule has 5 rings (SSSR count). The second-order valence-electron chi connectivity index (χ2n) is 11.3. The predicted molar refractivity (Wildman–Crippen MR) is 132 cm³/mol. The maximum atomic E-state index is 9.85. The standard InChI is InChI=1S/C29H46O5/c30-15-14-22-18-23-19-24(33-27-10-4-6-16-31-27)20-25(23)29(22)26(34-28-11-5-7-17-32-28)13-12-21-8-2-1-3-9-21/h13,21,23-25,27-28,30H,1-12,14-20H2/t23-,24+,25+,27?,28?/m0/s1. The first-order valence-corrected chi connectivity index (χ1v) is 14.4. The predicted octanol–water partition coefficient (Wildman–Crippen LogP) is 6.40. The van der Waals surface area contributed by atoms with Crippen molar-refractivity contribution in [2.24, 2.45) is 17.8 Å². The Hall–Kier alpha value is -0.880. The number of rotatable bonds is 9. The molecule has 4 fully saturated rings. The Bertz CT molecular complexity index is 697. The molecule has 2 saturated heterocycles. The Balaban J connectivity index is 1.33. The average Bonchev–Trinajstić information content (AvgIpc) is 3.40. The third-order valence-electron chi connectivity index (χ3n) is 8.83. The van der Waals surface area contributed by atoms with Crippen LogP contribution in [0.5, 0.6) is 0 Å². The Kier molecular flexibility index (Phi) is 9.03. The van der Waals surface area contributed by atoms with Crippen LogP contribution in [-0.2, 0) is 18.9 Å². The first-order valence-electron chi connectivity index (χ1n) is 14.4. The molecular weight excluding hydrogens is 428 g/mol. The van der Waals surface area contributed by atoms with Crippen LogP contribution in [0.3, 0.4) is 0 Å². The van der Waals surface area contributed by atoms with Crippen molar-refractivity contribution in [3.05, 3.63) is 23.0 Å². The Morgan fingerprint density at radius 3 is 2.32 bits per heavy atom. The van der Waals surface area contributed by atoms with Gasteiger partial charge in [-0.05, 0) is 93.6 Å². The molecule has 0 aromatic carbocycles. The maximum Gasteiger partial charge on any atom is 0.199 e.